The second-order valence-corrected chi connectivity index (χ2v) is 14.8. The van der Waals surface area contributed by atoms with Crippen molar-refractivity contribution < 1.29 is 4.42 Å². The largest absolute Gasteiger partial charge is 0.456 e. The van der Waals surface area contributed by atoms with Crippen molar-refractivity contribution in [2.45, 2.75) is 0 Å². The third-order valence-corrected chi connectivity index (χ3v) is 11.4. The Hall–Kier alpha value is -7.89. The molecule has 3 heterocycles. The van der Waals surface area contributed by atoms with Gasteiger partial charge in [-0.3, -0.25) is 0 Å². The molecule has 5 heteroatoms. The van der Waals surface area contributed by atoms with Crippen LogP contribution in [0.4, 0.5) is 0 Å². The number of nitrogens with zero attached hydrogens (tertiary/aromatic N) is 4. The number of aromatic nitrogens is 4. The van der Waals surface area contributed by atoms with E-state index in [-0.39, 0.29) is 0 Å². The van der Waals surface area contributed by atoms with Gasteiger partial charge in [-0.25, -0.2) is 15.0 Å². The van der Waals surface area contributed by atoms with E-state index in [1.165, 1.54) is 38.1 Å². The molecule has 0 aliphatic carbocycles. The summed E-state index contributed by atoms with van der Waals surface area (Å²) in [5.41, 5.74) is 10.1. The van der Waals surface area contributed by atoms with E-state index in [4.69, 9.17) is 19.4 Å². The number of benzene rings is 9. The van der Waals surface area contributed by atoms with Crippen LogP contribution in [0.3, 0.4) is 0 Å². The highest BCUT2D eigenvalue weighted by Crippen LogP contribution is 2.44. The van der Waals surface area contributed by atoms with Crippen LogP contribution in [0.2, 0.25) is 0 Å². The van der Waals surface area contributed by atoms with Crippen molar-refractivity contribution in [1.82, 2.24) is 19.5 Å². The first-order valence-corrected chi connectivity index (χ1v) is 19.5. The SMILES string of the molecule is c1ccc(-c2nc(-c3ccc4ccccc4c3)nc(-c3cccc4oc5cc(-n6c7ccccc7c7c(-c8ccccc8)c8ccccc8cc76)ccc5c34)n2)cc1. The summed E-state index contributed by atoms with van der Waals surface area (Å²) in [4.78, 5) is 15.3. The molecule has 0 fully saturated rings. The standard InChI is InChI=1S/C53H32N4O/c1-3-15-34(16-4-1)48-40-21-10-9-20-37(40)31-45-50(48)41-22-11-12-24-44(41)57(45)39-28-29-42-47(32-39)58-46-25-13-23-43(49(42)46)53-55-51(35-17-5-2-6-18-35)54-52(56-53)38-27-26-33-14-7-8-19-36(33)30-38/h1-32H. The predicted octanol–water partition coefficient (Wildman–Crippen LogP) is 13.8. The minimum Gasteiger partial charge on any atom is -0.456 e. The van der Waals surface area contributed by atoms with Crippen LogP contribution < -0.4 is 0 Å². The normalized spacial score (nSPS) is 11.8. The van der Waals surface area contributed by atoms with E-state index < -0.39 is 0 Å². The summed E-state index contributed by atoms with van der Waals surface area (Å²) in [5, 5.41) is 9.15. The van der Waals surface area contributed by atoms with Crippen LogP contribution >= 0.6 is 0 Å². The van der Waals surface area contributed by atoms with Gasteiger partial charge in [0.15, 0.2) is 17.5 Å². The minimum absolute atomic E-state index is 0.595. The maximum absolute atomic E-state index is 6.73. The van der Waals surface area contributed by atoms with Crippen LogP contribution in [0, 0.1) is 0 Å². The first-order valence-electron chi connectivity index (χ1n) is 19.5. The highest BCUT2D eigenvalue weighted by molar-refractivity contribution is 6.23. The van der Waals surface area contributed by atoms with Gasteiger partial charge in [-0.2, -0.15) is 0 Å². The van der Waals surface area contributed by atoms with Gasteiger partial charge in [0.25, 0.3) is 0 Å². The van der Waals surface area contributed by atoms with Crippen molar-refractivity contribution in [3.8, 4) is 51.0 Å². The Labute approximate surface area is 333 Å². The summed E-state index contributed by atoms with van der Waals surface area (Å²) >= 11 is 0. The molecular formula is C53H32N4O. The molecule has 9 aromatic carbocycles. The molecule has 0 aliphatic rings. The van der Waals surface area contributed by atoms with Crippen molar-refractivity contribution in [2.24, 2.45) is 0 Å². The lowest BCUT2D eigenvalue weighted by Gasteiger charge is -2.12. The van der Waals surface area contributed by atoms with Crippen molar-refractivity contribution in [1.29, 1.82) is 0 Å². The molecule has 270 valence electrons. The number of rotatable bonds is 5. The molecule has 0 spiro atoms. The smallest absolute Gasteiger partial charge is 0.164 e. The van der Waals surface area contributed by atoms with E-state index in [2.05, 4.69) is 156 Å². The topological polar surface area (TPSA) is 56.7 Å². The fourth-order valence-corrected chi connectivity index (χ4v) is 8.78. The molecule has 0 aliphatic heterocycles. The van der Waals surface area contributed by atoms with Crippen LogP contribution in [0.5, 0.6) is 0 Å². The highest BCUT2D eigenvalue weighted by Gasteiger charge is 2.22. The Morgan fingerprint density at radius 1 is 0.362 bits per heavy atom. The number of fused-ring (bicyclic) bond motifs is 8. The summed E-state index contributed by atoms with van der Waals surface area (Å²) in [7, 11) is 0. The predicted molar refractivity (Wildman–Crippen MR) is 238 cm³/mol. The fraction of sp³-hybridized carbons (Fsp3) is 0. The number of furan rings is 1. The third-order valence-electron chi connectivity index (χ3n) is 11.4. The van der Waals surface area contributed by atoms with Gasteiger partial charge in [0.2, 0.25) is 0 Å². The Morgan fingerprint density at radius 3 is 1.86 bits per heavy atom. The monoisotopic (exact) mass is 740 g/mol. The first-order chi connectivity index (χ1) is 28.7. The zero-order chi connectivity index (χ0) is 38.2. The molecule has 12 aromatic rings. The van der Waals surface area contributed by atoms with Crippen molar-refractivity contribution in [3.05, 3.63) is 194 Å². The van der Waals surface area contributed by atoms with Crippen molar-refractivity contribution in [3.63, 3.8) is 0 Å². The van der Waals surface area contributed by atoms with E-state index in [0.29, 0.717) is 17.5 Å². The fourth-order valence-electron chi connectivity index (χ4n) is 8.78. The van der Waals surface area contributed by atoms with Gasteiger partial charge < -0.3 is 8.98 Å². The van der Waals surface area contributed by atoms with Crippen LogP contribution in [0.15, 0.2) is 199 Å². The Kier molecular flexibility index (Phi) is 7.16. The third kappa shape index (κ3) is 5.07. The van der Waals surface area contributed by atoms with Crippen LogP contribution in [0.1, 0.15) is 0 Å². The quantitative estimate of drug-likeness (QED) is 0.176. The molecule has 5 nitrogen and oxygen atoms in total. The van der Waals surface area contributed by atoms with E-state index in [1.807, 2.05) is 42.5 Å². The van der Waals surface area contributed by atoms with E-state index >= 15 is 0 Å². The molecule has 0 saturated carbocycles. The lowest BCUT2D eigenvalue weighted by atomic mass is 9.93. The van der Waals surface area contributed by atoms with Gasteiger partial charge in [-0.1, -0.05) is 152 Å². The average molecular weight is 741 g/mol. The van der Waals surface area contributed by atoms with Crippen LogP contribution in [-0.2, 0) is 0 Å². The maximum Gasteiger partial charge on any atom is 0.164 e. The van der Waals surface area contributed by atoms with Gasteiger partial charge >= 0.3 is 0 Å². The molecular weight excluding hydrogens is 709 g/mol. The molecule has 0 radical (unpaired) electrons. The van der Waals surface area contributed by atoms with Gasteiger partial charge in [-0.05, 0) is 69.1 Å². The maximum atomic E-state index is 6.73. The second-order valence-electron chi connectivity index (χ2n) is 14.8. The summed E-state index contributed by atoms with van der Waals surface area (Å²) in [5.74, 6) is 1.84. The molecule has 0 N–H and O–H groups in total. The van der Waals surface area contributed by atoms with Crippen LogP contribution in [-0.4, -0.2) is 19.5 Å². The zero-order valence-electron chi connectivity index (χ0n) is 31.2. The molecule has 12 rings (SSSR count). The lowest BCUT2D eigenvalue weighted by molar-refractivity contribution is 0.668. The Balaban J connectivity index is 1.07. The lowest BCUT2D eigenvalue weighted by Crippen LogP contribution is -2.00. The van der Waals surface area contributed by atoms with Crippen molar-refractivity contribution >= 4 is 65.3 Å². The zero-order valence-corrected chi connectivity index (χ0v) is 31.2. The molecule has 0 unspecified atom stereocenters. The Bertz CT molecular complexity index is 3570. The van der Waals surface area contributed by atoms with Gasteiger partial charge in [-0.15, -0.1) is 0 Å². The summed E-state index contributed by atoms with van der Waals surface area (Å²) in [6.07, 6.45) is 0. The average Bonchev–Trinajstić information content (AvgIpc) is 3.83. The van der Waals surface area contributed by atoms with E-state index in [9.17, 15) is 0 Å². The second kappa shape index (κ2) is 12.8. The summed E-state index contributed by atoms with van der Waals surface area (Å²) in [6, 6.07) is 68.0. The molecule has 0 bridgehead atoms. The van der Waals surface area contributed by atoms with Crippen molar-refractivity contribution in [2.75, 3.05) is 0 Å². The first kappa shape index (κ1) is 32.4. The highest BCUT2D eigenvalue weighted by atomic mass is 16.3. The number of hydrogen-bond donors (Lipinski definition) is 0. The van der Waals surface area contributed by atoms with Gasteiger partial charge in [0.05, 0.1) is 11.0 Å². The van der Waals surface area contributed by atoms with E-state index in [0.717, 1.165) is 60.7 Å². The van der Waals surface area contributed by atoms with Crippen LogP contribution in [0.25, 0.3) is 116 Å². The molecule has 0 saturated heterocycles. The molecule has 0 amide bonds. The minimum atomic E-state index is 0.595. The summed E-state index contributed by atoms with van der Waals surface area (Å²) < 4.78 is 9.11. The number of hydrogen-bond acceptors (Lipinski definition) is 4. The van der Waals surface area contributed by atoms with Gasteiger partial charge in [0.1, 0.15) is 11.2 Å². The summed E-state index contributed by atoms with van der Waals surface area (Å²) in [6.45, 7) is 0. The number of para-hydroxylation sites is 1. The molecule has 0 atom stereocenters. The molecule has 58 heavy (non-hydrogen) atoms. The molecule has 3 aromatic heterocycles. The Morgan fingerprint density at radius 2 is 1.03 bits per heavy atom. The van der Waals surface area contributed by atoms with Gasteiger partial charge in [0, 0.05) is 50.0 Å². The van der Waals surface area contributed by atoms with E-state index in [1.54, 1.807) is 0 Å².